The molecule has 0 amide bonds. The van der Waals surface area contributed by atoms with Crippen molar-refractivity contribution in [3.63, 3.8) is 0 Å². The summed E-state index contributed by atoms with van der Waals surface area (Å²) >= 11 is 3.39. The summed E-state index contributed by atoms with van der Waals surface area (Å²) in [5, 5.41) is 9.64. The first-order valence-corrected chi connectivity index (χ1v) is 6.34. The minimum atomic E-state index is 0.502. The molecule has 0 spiro atoms. The molecular weight excluding hydrogens is 240 g/mol. The van der Waals surface area contributed by atoms with Gasteiger partial charge in [-0.05, 0) is 41.3 Å². The van der Waals surface area contributed by atoms with Crippen molar-refractivity contribution < 1.29 is 5.11 Å². The van der Waals surface area contributed by atoms with E-state index in [0.717, 1.165) is 23.7 Å². The number of aliphatic hydroxyl groups excluding tert-OH is 1. The fraction of sp³-hybridized carbons (Fsp3) is 0.667. The van der Waals surface area contributed by atoms with Crippen molar-refractivity contribution >= 4 is 15.9 Å². The standard InChI is InChI=1S/C12H19BrO/c13-11-9-7-5-3-1-2-4-6-8-10-12(11)14/h7,9,14H,1-6,8,10H2/b9-7-,12-11-. The van der Waals surface area contributed by atoms with Crippen LogP contribution in [0.4, 0.5) is 0 Å². The van der Waals surface area contributed by atoms with Crippen LogP contribution in [0.15, 0.2) is 22.4 Å². The number of allylic oxidation sites excluding steroid dienone is 4. The van der Waals surface area contributed by atoms with Gasteiger partial charge in [-0.2, -0.15) is 0 Å². The smallest absolute Gasteiger partial charge is 0.106 e. The van der Waals surface area contributed by atoms with Crippen LogP contribution in [0.3, 0.4) is 0 Å². The van der Waals surface area contributed by atoms with Crippen molar-refractivity contribution in [2.75, 3.05) is 0 Å². The second-order valence-corrected chi connectivity index (χ2v) is 4.71. The zero-order valence-electron chi connectivity index (χ0n) is 8.64. The molecular formula is C12H19BrO. The van der Waals surface area contributed by atoms with Crippen molar-refractivity contribution in [2.45, 2.75) is 51.4 Å². The van der Waals surface area contributed by atoms with E-state index in [-0.39, 0.29) is 0 Å². The van der Waals surface area contributed by atoms with E-state index in [2.05, 4.69) is 22.0 Å². The minimum absolute atomic E-state index is 0.502. The Bertz CT molecular complexity index is 218. The average molecular weight is 259 g/mol. The lowest BCUT2D eigenvalue weighted by molar-refractivity contribution is 0.379. The molecule has 2 heteroatoms. The van der Waals surface area contributed by atoms with E-state index >= 15 is 0 Å². The van der Waals surface area contributed by atoms with Gasteiger partial charge in [-0.25, -0.2) is 0 Å². The maximum Gasteiger partial charge on any atom is 0.106 e. The lowest BCUT2D eigenvalue weighted by Gasteiger charge is -2.04. The van der Waals surface area contributed by atoms with E-state index in [9.17, 15) is 5.11 Å². The first-order chi connectivity index (χ1) is 6.80. The van der Waals surface area contributed by atoms with Crippen molar-refractivity contribution in [1.29, 1.82) is 0 Å². The largest absolute Gasteiger partial charge is 0.511 e. The van der Waals surface area contributed by atoms with E-state index < -0.39 is 0 Å². The summed E-state index contributed by atoms with van der Waals surface area (Å²) in [5.41, 5.74) is 0. The summed E-state index contributed by atoms with van der Waals surface area (Å²) in [6.07, 6.45) is 13.7. The van der Waals surface area contributed by atoms with Gasteiger partial charge in [-0.3, -0.25) is 0 Å². The molecule has 14 heavy (non-hydrogen) atoms. The Kier molecular flexibility index (Phi) is 6.00. The fourth-order valence-electron chi connectivity index (χ4n) is 1.66. The molecule has 0 saturated carbocycles. The first-order valence-electron chi connectivity index (χ1n) is 5.55. The summed E-state index contributed by atoms with van der Waals surface area (Å²) < 4.78 is 0.859. The number of halogens is 1. The molecule has 0 saturated heterocycles. The average Bonchev–Trinajstić information content (AvgIpc) is 2.18. The van der Waals surface area contributed by atoms with Crippen LogP contribution in [0.1, 0.15) is 51.4 Å². The van der Waals surface area contributed by atoms with Crippen LogP contribution in [0.25, 0.3) is 0 Å². The van der Waals surface area contributed by atoms with Crippen LogP contribution < -0.4 is 0 Å². The molecule has 1 aliphatic carbocycles. The number of hydrogen-bond donors (Lipinski definition) is 1. The first kappa shape index (κ1) is 11.8. The Morgan fingerprint density at radius 1 is 1.00 bits per heavy atom. The molecule has 1 nitrogen and oxygen atoms in total. The van der Waals surface area contributed by atoms with Gasteiger partial charge in [0.05, 0.1) is 4.48 Å². The zero-order valence-corrected chi connectivity index (χ0v) is 10.2. The topological polar surface area (TPSA) is 20.2 Å². The SMILES string of the molecule is O/C1=C(Br)/C=C\CCCCCCCC1. The van der Waals surface area contributed by atoms with E-state index in [4.69, 9.17) is 0 Å². The second kappa shape index (κ2) is 7.10. The molecule has 0 aromatic rings. The monoisotopic (exact) mass is 258 g/mol. The molecule has 80 valence electrons. The van der Waals surface area contributed by atoms with Gasteiger partial charge in [0.1, 0.15) is 5.76 Å². The van der Waals surface area contributed by atoms with E-state index in [0.29, 0.717) is 5.76 Å². The summed E-state index contributed by atoms with van der Waals surface area (Å²) in [6.45, 7) is 0. The van der Waals surface area contributed by atoms with Crippen LogP contribution in [-0.4, -0.2) is 5.11 Å². The molecule has 0 aliphatic heterocycles. The highest BCUT2D eigenvalue weighted by Crippen LogP contribution is 2.19. The molecule has 0 aromatic carbocycles. The second-order valence-electron chi connectivity index (χ2n) is 3.86. The highest BCUT2D eigenvalue weighted by molar-refractivity contribution is 9.11. The normalized spacial score (nSPS) is 28.9. The van der Waals surface area contributed by atoms with Gasteiger partial charge in [0.2, 0.25) is 0 Å². The molecule has 1 rings (SSSR count). The summed E-state index contributed by atoms with van der Waals surface area (Å²) in [5.74, 6) is 0.502. The van der Waals surface area contributed by atoms with Gasteiger partial charge < -0.3 is 5.11 Å². The van der Waals surface area contributed by atoms with E-state index in [1.807, 2.05) is 6.08 Å². The highest BCUT2D eigenvalue weighted by atomic mass is 79.9. The summed E-state index contributed by atoms with van der Waals surface area (Å²) in [4.78, 5) is 0. The van der Waals surface area contributed by atoms with Gasteiger partial charge in [0, 0.05) is 6.42 Å². The van der Waals surface area contributed by atoms with Gasteiger partial charge in [-0.1, -0.05) is 31.8 Å². The number of rotatable bonds is 0. The predicted molar refractivity (Wildman–Crippen MR) is 64.7 cm³/mol. The maximum absolute atomic E-state index is 9.64. The van der Waals surface area contributed by atoms with Crippen LogP contribution in [0.2, 0.25) is 0 Å². The Balaban J connectivity index is 2.50. The Morgan fingerprint density at radius 2 is 1.64 bits per heavy atom. The summed E-state index contributed by atoms with van der Waals surface area (Å²) in [6, 6.07) is 0. The third kappa shape index (κ3) is 4.85. The molecule has 0 atom stereocenters. The maximum atomic E-state index is 9.64. The molecule has 0 bridgehead atoms. The molecule has 0 fully saturated rings. The molecule has 0 radical (unpaired) electrons. The van der Waals surface area contributed by atoms with Crippen molar-refractivity contribution in [3.05, 3.63) is 22.4 Å². The lowest BCUT2D eigenvalue weighted by atomic mass is 10.1. The molecule has 1 N–H and O–H groups in total. The molecule has 0 aromatic heterocycles. The Labute approximate surface area is 95.0 Å². The molecule has 1 aliphatic rings. The Morgan fingerprint density at radius 3 is 2.43 bits per heavy atom. The van der Waals surface area contributed by atoms with Gasteiger partial charge in [0.15, 0.2) is 0 Å². The van der Waals surface area contributed by atoms with Gasteiger partial charge in [0.25, 0.3) is 0 Å². The third-order valence-corrected chi connectivity index (χ3v) is 3.30. The number of hydrogen-bond acceptors (Lipinski definition) is 1. The lowest BCUT2D eigenvalue weighted by Crippen LogP contribution is -1.87. The number of aliphatic hydroxyl groups is 1. The summed E-state index contributed by atoms with van der Waals surface area (Å²) in [7, 11) is 0. The van der Waals surface area contributed by atoms with E-state index in [1.165, 1.54) is 32.1 Å². The quantitative estimate of drug-likeness (QED) is 0.659. The molecule has 0 heterocycles. The van der Waals surface area contributed by atoms with E-state index in [1.54, 1.807) is 0 Å². The van der Waals surface area contributed by atoms with Crippen LogP contribution in [0.5, 0.6) is 0 Å². The van der Waals surface area contributed by atoms with Crippen LogP contribution >= 0.6 is 15.9 Å². The third-order valence-electron chi connectivity index (χ3n) is 2.57. The van der Waals surface area contributed by atoms with Crippen molar-refractivity contribution in [3.8, 4) is 0 Å². The highest BCUT2D eigenvalue weighted by Gasteiger charge is 2.00. The van der Waals surface area contributed by atoms with Crippen molar-refractivity contribution in [2.24, 2.45) is 0 Å². The Hall–Kier alpha value is -0.240. The van der Waals surface area contributed by atoms with Gasteiger partial charge in [-0.15, -0.1) is 0 Å². The van der Waals surface area contributed by atoms with Crippen LogP contribution in [0, 0.1) is 0 Å². The van der Waals surface area contributed by atoms with Crippen LogP contribution in [-0.2, 0) is 0 Å². The molecule has 0 unspecified atom stereocenters. The predicted octanol–water partition coefficient (Wildman–Crippen LogP) is 4.84. The van der Waals surface area contributed by atoms with Crippen molar-refractivity contribution in [1.82, 2.24) is 0 Å². The van der Waals surface area contributed by atoms with Gasteiger partial charge >= 0.3 is 0 Å². The fourth-order valence-corrected chi connectivity index (χ4v) is 2.05. The minimum Gasteiger partial charge on any atom is -0.511 e. The zero-order chi connectivity index (χ0) is 10.2.